The lowest BCUT2D eigenvalue weighted by Crippen LogP contribution is -2.44. The van der Waals surface area contributed by atoms with E-state index in [1.165, 1.54) is 4.68 Å². The van der Waals surface area contributed by atoms with Gasteiger partial charge in [0, 0.05) is 17.6 Å². The molecule has 0 bridgehead atoms. The normalized spacial score (nSPS) is 10.8. The van der Waals surface area contributed by atoms with Crippen LogP contribution in [0.1, 0.15) is 36.3 Å². The van der Waals surface area contributed by atoms with Crippen molar-refractivity contribution in [3.8, 4) is 0 Å². The fraction of sp³-hybridized carbons (Fsp3) is 0.273. The van der Waals surface area contributed by atoms with Crippen LogP contribution in [0.3, 0.4) is 0 Å². The fourth-order valence-corrected chi connectivity index (χ4v) is 3.08. The van der Waals surface area contributed by atoms with Crippen LogP contribution in [-0.4, -0.2) is 20.8 Å². The summed E-state index contributed by atoms with van der Waals surface area (Å²) in [5.74, 6) is -0.0631. The highest BCUT2D eigenvalue weighted by atomic mass is 32.1. The largest absolute Gasteiger partial charge is 0.331 e. The molecule has 3 rings (SSSR count). The minimum absolute atomic E-state index is 0.166. The summed E-state index contributed by atoms with van der Waals surface area (Å²) in [5.41, 5.74) is 7.16. The van der Waals surface area contributed by atoms with Gasteiger partial charge in [-0.1, -0.05) is 49.7 Å². The van der Waals surface area contributed by atoms with Crippen LogP contribution in [0.25, 0.3) is 10.8 Å². The van der Waals surface area contributed by atoms with Gasteiger partial charge in [0.1, 0.15) is 0 Å². The summed E-state index contributed by atoms with van der Waals surface area (Å²) in [5, 5.41) is 8.53. The van der Waals surface area contributed by atoms with Crippen molar-refractivity contribution in [1.29, 1.82) is 0 Å². The molecule has 1 heterocycles. The molecule has 2 aromatic carbocycles. The van der Waals surface area contributed by atoms with Crippen molar-refractivity contribution in [3.05, 3.63) is 70.1 Å². The van der Waals surface area contributed by atoms with Crippen LogP contribution in [-0.2, 0) is 6.54 Å². The monoisotopic (exact) mass is 423 g/mol. The van der Waals surface area contributed by atoms with Gasteiger partial charge in [-0.25, -0.2) is 4.68 Å². The number of aromatic nitrogens is 2. The number of nitrogens with one attached hydrogen (secondary N) is 3. The molecule has 0 saturated carbocycles. The van der Waals surface area contributed by atoms with Gasteiger partial charge in [0.15, 0.2) is 10.8 Å². The molecule has 0 aliphatic rings. The molecule has 8 heteroatoms. The van der Waals surface area contributed by atoms with E-state index in [4.69, 9.17) is 12.2 Å². The maximum atomic E-state index is 12.8. The summed E-state index contributed by atoms with van der Waals surface area (Å²) in [6, 6.07) is 14.7. The van der Waals surface area contributed by atoms with E-state index < -0.39 is 5.91 Å². The van der Waals surface area contributed by atoms with E-state index in [9.17, 15) is 9.59 Å². The number of rotatable bonds is 5. The van der Waals surface area contributed by atoms with E-state index in [0.29, 0.717) is 23.2 Å². The highest BCUT2D eigenvalue weighted by molar-refractivity contribution is 7.80. The van der Waals surface area contributed by atoms with Crippen molar-refractivity contribution < 1.29 is 4.79 Å². The SMILES string of the molecule is Cc1ccc(NC(=S)NNC(=O)c2nn(CCC(C)C)c(=O)c3ccccc23)cc1. The maximum Gasteiger partial charge on any atom is 0.290 e. The molecular weight excluding hydrogens is 398 g/mol. The number of hydrogen-bond acceptors (Lipinski definition) is 4. The second-order valence-corrected chi connectivity index (χ2v) is 7.91. The molecule has 7 nitrogen and oxygen atoms in total. The number of thiocarbonyl (C=S) groups is 1. The summed E-state index contributed by atoms with van der Waals surface area (Å²) in [4.78, 5) is 25.6. The molecule has 0 radical (unpaired) electrons. The zero-order chi connectivity index (χ0) is 21.7. The van der Waals surface area contributed by atoms with Crippen molar-refractivity contribution >= 4 is 39.7 Å². The fourth-order valence-electron chi connectivity index (χ4n) is 2.91. The summed E-state index contributed by atoms with van der Waals surface area (Å²) < 4.78 is 1.36. The lowest BCUT2D eigenvalue weighted by atomic mass is 10.1. The van der Waals surface area contributed by atoms with Gasteiger partial charge < -0.3 is 5.32 Å². The highest BCUT2D eigenvalue weighted by Crippen LogP contribution is 2.14. The van der Waals surface area contributed by atoms with E-state index in [0.717, 1.165) is 17.7 Å². The Morgan fingerprint density at radius 3 is 2.40 bits per heavy atom. The molecule has 0 unspecified atom stereocenters. The lowest BCUT2D eigenvalue weighted by Gasteiger charge is -2.14. The molecule has 0 aliphatic carbocycles. The molecule has 0 fully saturated rings. The van der Waals surface area contributed by atoms with E-state index >= 15 is 0 Å². The summed E-state index contributed by atoms with van der Waals surface area (Å²) in [6.45, 7) is 6.60. The standard InChI is InChI=1S/C22H25N5O2S/c1-14(2)12-13-27-21(29)18-7-5-4-6-17(18)19(26-27)20(28)24-25-22(30)23-16-10-8-15(3)9-11-16/h4-11,14H,12-13H2,1-3H3,(H,24,28)(H2,23,25,30). The summed E-state index contributed by atoms with van der Waals surface area (Å²) >= 11 is 5.24. The molecule has 1 amide bonds. The lowest BCUT2D eigenvalue weighted by molar-refractivity contribution is 0.0938. The first-order valence-electron chi connectivity index (χ1n) is 9.79. The minimum atomic E-state index is -0.474. The van der Waals surface area contributed by atoms with Crippen molar-refractivity contribution in [3.63, 3.8) is 0 Å². The quantitative estimate of drug-likeness (QED) is 0.431. The Labute approximate surface area is 180 Å². The molecular formula is C22H25N5O2S. The van der Waals surface area contributed by atoms with Crippen LogP contribution in [0.5, 0.6) is 0 Å². The van der Waals surface area contributed by atoms with Crippen molar-refractivity contribution in [2.24, 2.45) is 5.92 Å². The first-order chi connectivity index (χ1) is 14.3. The Morgan fingerprint density at radius 2 is 1.73 bits per heavy atom. The number of aryl methyl sites for hydroxylation is 2. The van der Waals surface area contributed by atoms with E-state index in [2.05, 4.69) is 35.1 Å². The van der Waals surface area contributed by atoms with Gasteiger partial charge in [-0.15, -0.1) is 0 Å². The van der Waals surface area contributed by atoms with Crippen LogP contribution < -0.4 is 21.7 Å². The first-order valence-corrected chi connectivity index (χ1v) is 10.2. The molecule has 0 atom stereocenters. The van der Waals surface area contributed by atoms with Crippen molar-refractivity contribution in [2.75, 3.05) is 5.32 Å². The maximum absolute atomic E-state index is 12.8. The number of nitrogens with zero attached hydrogens (tertiary/aromatic N) is 2. The molecule has 3 aromatic rings. The Morgan fingerprint density at radius 1 is 1.07 bits per heavy atom. The van der Waals surface area contributed by atoms with Gasteiger partial charge in [0.2, 0.25) is 0 Å². The Hall–Kier alpha value is -3.26. The third-order valence-corrected chi connectivity index (χ3v) is 4.80. The van der Waals surface area contributed by atoms with Crippen LogP contribution in [0.2, 0.25) is 0 Å². The number of anilines is 1. The number of hydrazine groups is 1. The third-order valence-electron chi connectivity index (χ3n) is 4.60. The predicted octanol–water partition coefficient (Wildman–Crippen LogP) is 3.38. The second-order valence-electron chi connectivity index (χ2n) is 7.50. The van der Waals surface area contributed by atoms with Gasteiger partial charge in [-0.2, -0.15) is 5.10 Å². The molecule has 3 N–H and O–H groups in total. The zero-order valence-corrected chi connectivity index (χ0v) is 18.0. The second kappa shape index (κ2) is 9.49. The van der Waals surface area contributed by atoms with Crippen molar-refractivity contribution in [2.45, 2.75) is 33.7 Å². The topological polar surface area (TPSA) is 88.0 Å². The van der Waals surface area contributed by atoms with Gasteiger partial charge >= 0.3 is 0 Å². The number of amides is 1. The van der Waals surface area contributed by atoms with Crippen LogP contribution >= 0.6 is 12.2 Å². The van der Waals surface area contributed by atoms with Gasteiger partial charge in [0.05, 0.1) is 5.39 Å². The molecule has 156 valence electrons. The summed E-state index contributed by atoms with van der Waals surface area (Å²) in [7, 11) is 0. The number of carbonyl (C=O) groups excluding carboxylic acids is 1. The highest BCUT2D eigenvalue weighted by Gasteiger charge is 2.17. The zero-order valence-electron chi connectivity index (χ0n) is 17.2. The Kier molecular flexibility index (Phi) is 6.79. The predicted molar refractivity (Wildman–Crippen MR) is 123 cm³/mol. The average molecular weight is 424 g/mol. The van der Waals surface area contributed by atoms with Crippen LogP contribution in [0.4, 0.5) is 5.69 Å². The number of benzene rings is 2. The molecule has 0 aliphatic heterocycles. The van der Waals surface area contributed by atoms with E-state index in [-0.39, 0.29) is 16.4 Å². The Balaban J connectivity index is 1.78. The third kappa shape index (κ3) is 5.21. The average Bonchev–Trinajstić information content (AvgIpc) is 2.73. The molecule has 0 spiro atoms. The van der Waals surface area contributed by atoms with Gasteiger partial charge in [-0.05, 0) is 49.7 Å². The Bertz CT molecular complexity index is 1120. The van der Waals surface area contributed by atoms with Crippen LogP contribution in [0.15, 0.2) is 53.3 Å². The number of hydrogen-bond donors (Lipinski definition) is 3. The van der Waals surface area contributed by atoms with Gasteiger partial charge in [-0.3, -0.25) is 20.4 Å². The van der Waals surface area contributed by atoms with Gasteiger partial charge in [0.25, 0.3) is 11.5 Å². The first kappa shape index (κ1) is 21.4. The molecule has 30 heavy (non-hydrogen) atoms. The van der Waals surface area contributed by atoms with Crippen molar-refractivity contribution in [1.82, 2.24) is 20.6 Å². The number of fused-ring (bicyclic) bond motifs is 1. The van der Waals surface area contributed by atoms with E-state index in [1.807, 2.05) is 31.2 Å². The molecule has 1 aromatic heterocycles. The van der Waals surface area contributed by atoms with Crippen LogP contribution in [0, 0.1) is 12.8 Å². The minimum Gasteiger partial charge on any atom is -0.331 e. The molecule has 0 saturated heterocycles. The summed E-state index contributed by atoms with van der Waals surface area (Å²) in [6.07, 6.45) is 0.787. The number of carbonyl (C=O) groups is 1. The van der Waals surface area contributed by atoms with E-state index in [1.54, 1.807) is 24.3 Å². The smallest absolute Gasteiger partial charge is 0.290 e.